The van der Waals surface area contributed by atoms with Crippen LogP contribution >= 0.6 is 0 Å². The number of rotatable bonds is 2. The van der Waals surface area contributed by atoms with Gasteiger partial charge in [-0.3, -0.25) is 4.98 Å². The molecule has 0 radical (unpaired) electrons. The minimum Gasteiger partial charge on any atom is -0.422 e. The lowest BCUT2D eigenvalue weighted by molar-refractivity contribution is 0.234. The summed E-state index contributed by atoms with van der Waals surface area (Å²) in [6.07, 6.45) is 5.42. The van der Waals surface area contributed by atoms with E-state index in [1.807, 2.05) is 41.9 Å². The van der Waals surface area contributed by atoms with E-state index in [1.54, 1.807) is 6.20 Å². The van der Waals surface area contributed by atoms with Crippen LogP contribution in [0, 0.1) is 6.92 Å². The fourth-order valence-electron chi connectivity index (χ4n) is 3.89. The van der Waals surface area contributed by atoms with Gasteiger partial charge in [0, 0.05) is 55.2 Å². The van der Waals surface area contributed by atoms with Crippen molar-refractivity contribution in [2.45, 2.75) is 19.9 Å². The molecule has 1 saturated heterocycles. The van der Waals surface area contributed by atoms with Gasteiger partial charge in [0.15, 0.2) is 5.65 Å². The zero-order valence-corrected chi connectivity index (χ0v) is 16.8. The molecule has 4 aromatic rings. The minimum atomic E-state index is -0.380. The molecule has 1 fully saturated rings. The third-order valence-electron chi connectivity index (χ3n) is 5.79. The van der Waals surface area contributed by atoms with E-state index in [1.165, 1.54) is 0 Å². The average molecular weight is 389 g/mol. The smallest absolute Gasteiger partial charge is 0.345 e. The molecule has 0 saturated carbocycles. The summed E-state index contributed by atoms with van der Waals surface area (Å²) in [6, 6.07) is 8.43. The van der Waals surface area contributed by atoms with Crippen molar-refractivity contribution in [1.29, 1.82) is 0 Å². The van der Waals surface area contributed by atoms with Gasteiger partial charge in [0.2, 0.25) is 0 Å². The first kappa shape index (κ1) is 17.9. The summed E-state index contributed by atoms with van der Waals surface area (Å²) in [5.41, 5.74) is 3.94. The predicted molar refractivity (Wildman–Crippen MR) is 114 cm³/mol. The highest BCUT2D eigenvalue weighted by Gasteiger charge is 2.21. The zero-order chi connectivity index (χ0) is 20.1. The summed E-state index contributed by atoms with van der Waals surface area (Å²) in [4.78, 5) is 26.2. The van der Waals surface area contributed by atoms with Crippen LogP contribution in [0.4, 0.5) is 5.69 Å². The molecular weight excluding hydrogens is 366 g/mol. The summed E-state index contributed by atoms with van der Waals surface area (Å²) < 4.78 is 7.56. The number of hydrogen-bond donors (Lipinski definition) is 0. The Morgan fingerprint density at radius 3 is 2.86 bits per heavy atom. The SMILES string of the molecule is Cc1cn2cc(-c3cc4ccc(N5CCN(C)[C@H](C)C5)cc4oc3=O)nc2cn1. The van der Waals surface area contributed by atoms with Gasteiger partial charge < -0.3 is 18.6 Å². The molecule has 7 heteroatoms. The Morgan fingerprint density at radius 2 is 2.03 bits per heavy atom. The molecule has 29 heavy (non-hydrogen) atoms. The van der Waals surface area contributed by atoms with E-state index < -0.39 is 0 Å². The topological polar surface area (TPSA) is 66.9 Å². The molecule has 0 amide bonds. The molecule has 1 aliphatic heterocycles. The van der Waals surface area contributed by atoms with Crippen LogP contribution in [0.2, 0.25) is 0 Å². The molecule has 3 aromatic heterocycles. The van der Waals surface area contributed by atoms with Crippen LogP contribution in [0.1, 0.15) is 12.6 Å². The maximum absolute atomic E-state index is 12.7. The van der Waals surface area contributed by atoms with Crippen LogP contribution < -0.4 is 10.5 Å². The normalized spacial score (nSPS) is 18.0. The van der Waals surface area contributed by atoms with E-state index in [2.05, 4.69) is 39.8 Å². The number of aryl methyl sites for hydroxylation is 1. The number of anilines is 1. The first-order valence-corrected chi connectivity index (χ1v) is 9.83. The third-order valence-corrected chi connectivity index (χ3v) is 5.79. The molecule has 1 aromatic carbocycles. The number of likely N-dealkylation sites (N-methyl/N-ethyl adjacent to an activating group) is 1. The second kappa shape index (κ2) is 6.70. The second-order valence-electron chi connectivity index (χ2n) is 7.87. The van der Waals surface area contributed by atoms with Crippen LogP contribution in [-0.2, 0) is 0 Å². The molecule has 5 rings (SSSR count). The fourth-order valence-corrected chi connectivity index (χ4v) is 3.89. The standard InChI is InChI=1S/C22H23N5O2/c1-14-11-27-13-19(24-21(27)10-23-14)18-8-16-4-5-17(9-20(16)29-22(18)28)26-7-6-25(3)15(2)12-26/h4-5,8-11,13,15H,6-7,12H2,1-3H3/t15-/m1/s1. The average Bonchev–Trinajstić information content (AvgIpc) is 3.12. The molecule has 4 heterocycles. The Labute approximate surface area is 168 Å². The first-order valence-electron chi connectivity index (χ1n) is 9.83. The molecule has 0 spiro atoms. The van der Waals surface area contributed by atoms with E-state index >= 15 is 0 Å². The summed E-state index contributed by atoms with van der Waals surface area (Å²) in [5, 5.41) is 0.886. The highest BCUT2D eigenvalue weighted by atomic mass is 16.4. The van der Waals surface area contributed by atoms with Crippen LogP contribution in [0.5, 0.6) is 0 Å². The maximum atomic E-state index is 12.7. The van der Waals surface area contributed by atoms with Crippen molar-refractivity contribution >= 4 is 22.3 Å². The number of piperazine rings is 1. The number of fused-ring (bicyclic) bond motifs is 2. The van der Waals surface area contributed by atoms with E-state index in [4.69, 9.17) is 4.42 Å². The Bertz CT molecular complexity index is 1280. The van der Waals surface area contributed by atoms with Crippen molar-refractivity contribution < 1.29 is 4.42 Å². The van der Waals surface area contributed by atoms with Gasteiger partial charge in [-0.1, -0.05) is 0 Å². The van der Waals surface area contributed by atoms with Gasteiger partial charge in [0.25, 0.3) is 0 Å². The monoisotopic (exact) mass is 389 g/mol. The van der Waals surface area contributed by atoms with Gasteiger partial charge in [-0.15, -0.1) is 0 Å². The predicted octanol–water partition coefficient (Wildman–Crippen LogP) is 2.95. The molecule has 7 nitrogen and oxygen atoms in total. The number of nitrogens with zero attached hydrogens (tertiary/aromatic N) is 5. The summed E-state index contributed by atoms with van der Waals surface area (Å²) in [7, 11) is 2.15. The van der Waals surface area contributed by atoms with Crippen LogP contribution in [0.25, 0.3) is 27.9 Å². The van der Waals surface area contributed by atoms with Crippen LogP contribution in [0.3, 0.4) is 0 Å². The first-order chi connectivity index (χ1) is 14.0. The number of hydrogen-bond acceptors (Lipinski definition) is 6. The largest absolute Gasteiger partial charge is 0.422 e. The summed E-state index contributed by atoms with van der Waals surface area (Å²) in [5.74, 6) is 0. The van der Waals surface area contributed by atoms with Crippen molar-refractivity contribution in [3.05, 3.63) is 59.0 Å². The highest BCUT2D eigenvalue weighted by molar-refractivity contribution is 5.84. The zero-order valence-electron chi connectivity index (χ0n) is 16.8. The third kappa shape index (κ3) is 3.17. The Hall–Kier alpha value is -3.19. The van der Waals surface area contributed by atoms with Crippen LogP contribution in [-0.4, -0.2) is 52.0 Å². The molecule has 148 valence electrons. The molecular formula is C22H23N5O2. The Balaban J connectivity index is 1.53. The van der Waals surface area contributed by atoms with Crippen molar-refractivity contribution in [1.82, 2.24) is 19.3 Å². The Morgan fingerprint density at radius 1 is 1.17 bits per heavy atom. The minimum absolute atomic E-state index is 0.380. The molecule has 0 aliphatic carbocycles. The molecule has 1 atom stereocenters. The van der Waals surface area contributed by atoms with Crippen molar-refractivity contribution in [2.75, 3.05) is 31.6 Å². The van der Waals surface area contributed by atoms with Gasteiger partial charge in [0.05, 0.1) is 23.1 Å². The van der Waals surface area contributed by atoms with E-state index in [0.717, 1.165) is 36.4 Å². The van der Waals surface area contributed by atoms with E-state index in [-0.39, 0.29) is 5.63 Å². The van der Waals surface area contributed by atoms with Gasteiger partial charge >= 0.3 is 5.63 Å². The second-order valence-corrected chi connectivity index (χ2v) is 7.87. The molecule has 0 unspecified atom stereocenters. The summed E-state index contributed by atoms with van der Waals surface area (Å²) >= 11 is 0. The molecule has 0 N–H and O–H groups in total. The lowest BCUT2D eigenvalue weighted by atomic mass is 10.1. The lowest BCUT2D eigenvalue weighted by Crippen LogP contribution is -2.50. The highest BCUT2D eigenvalue weighted by Crippen LogP contribution is 2.26. The van der Waals surface area contributed by atoms with Crippen molar-refractivity contribution in [3.63, 3.8) is 0 Å². The molecule has 0 bridgehead atoms. The van der Waals surface area contributed by atoms with Gasteiger partial charge in [0.1, 0.15) is 5.58 Å². The van der Waals surface area contributed by atoms with E-state index in [0.29, 0.717) is 28.5 Å². The number of imidazole rings is 1. The van der Waals surface area contributed by atoms with Crippen LogP contribution in [0.15, 0.2) is 52.1 Å². The summed E-state index contributed by atoms with van der Waals surface area (Å²) in [6.45, 7) is 7.08. The van der Waals surface area contributed by atoms with Gasteiger partial charge in [-0.25, -0.2) is 9.78 Å². The number of benzene rings is 1. The van der Waals surface area contributed by atoms with Crippen molar-refractivity contribution in [3.8, 4) is 11.3 Å². The maximum Gasteiger partial charge on any atom is 0.345 e. The lowest BCUT2D eigenvalue weighted by Gasteiger charge is -2.39. The number of aromatic nitrogens is 3. The fraction of sp³-hybridized carbons (Fsp3) is 0.318. The quantitative estimate of drug-likeness (QED) is 0.491. The van der Waals surface area contributed by atoms with Gasteiger partial charge in [-0.05, 0) is 39.1 Å². The van der Waals surface area contributed by atoms with Gasteiger partial charge in [-0.2, -0.15) is 0 Å². The molecule has 1 aliphatic rings. The van der Waals surface area contributed by atoms with Crippen molar-refractivity contribution in [2.24, 2.45) is 0 Å². The Kier molecular flexibility index (Phi) is 4.13. The van der Waals surface area contributed by atoms with E-state index in [9.17, 15) is 4.79 Å².